The second-order valence-electron chi connectivity index (χ2n) is 9.87. The molecule has 0 saturated heterocycles. The number of carbonyl (C=O) groups excluding carboxylic acids is 2. The van der Waals surface area contributed by atoms with E-state index in [2.05, 4.69) is 11.8 Å². The number of ether oxygens (including phenoxy) is 1. The van der Waals surface area contributed by atoms with Crippen molar-refractivity contribution in [3.63, 3.8) is 0 Å². The van der Waals surface area contributed by atoms with Crippen LogP contribution in [0, 0.1) is 5.92 Å². The molecule has 0 unspecified atom stereocenters. The van der Waals surface area contributed by atoms with Crippen LogP contribution in [0.15, 0.2) is 24.3 Å². The predicted molar refractivity (Wildman–Crippen MR) is 127 cm³/mol. The summed E-state index contributed by atoms with van der Waals surface area (Å²) < 4.78 is 6.61. The Labute approximate surface area is 193 Å². The van der Waals surface area contributed by atoms with Gasteiger partial charge in [0, 0.05) is 25.6 Å². The lowest BCUT2D eigenvalue weighted by Crippen LogP contribution is -2.53. The normalized spacial score (nSPS) is 25.7. The van der Waals surface area contributed by atoms with Crippen LogP contribution in [0.5, 0.6) is 5.75 Å². The molecule has 176 valence electrons. The van der Waals surface area contributed by atoms with Gasteiger partial charge >= 0.3 is 0 Å². The topological polar surface area (TPSA) is 49.9 Å². The summed E-state index contributed by atoms with van der Waals surface area (Å²) in [6.45, 7) is 4.54. The van der Waals surface area contributed by atoms with Crippen LogP contribution in [0.3, 0.4) is 0 Å². The lowest BCUT2D eigenvalue weighted by atomic mass is 9.82. The fourth-order valence-electron chi connectivity index (χ4n) is 5.50. The van der Waals surface area contributed by atoms with Gasteiger partial charge in [0.05, 0.1) is 11.6 Å². The van der Waals surface area contributed by atoms with Crippen LogP contribution in [0.1, 0.15) is 94.3 Å². The number of para-hydroxylation sites is 1. The first-order valence-corrected chi connectivity index (χ1v) is 13.0. The molecule has 0 N–H and O–H groups in total. The number of rotatable bonds is 3. The molecule has 0 aromatic heterocycles. The van der Waals surface area contributed by atoms with Crippen LogP contribution in [0.2, 0.25) is 0 Å². The minimum atomic E-state index is -0.0377. The van der Waals surface area contributed by atoms with Crippen LogP contribution in [0.4, 0.5) is 0 Å². The zero-order valence-corrected chi connectivity index (χ0v) is 19.8. The maximum Gasteiger partial charge on any atom is 0.257 e. The molecule has 2 fully saturated rings. The molecule has 32 heavy (non-hydrogen) atoms. The van der Waals surface area contributed by atoms with Crippen molar-refractivity contribution < 1.29 is 14.3 Å². The highest BCUT2D eigenvalue weighted by molar-refractivity contribution is 5.97. The molecule has 3 aliphatic rings. The van der Waals surface area contributed by atoms with E-state index in [-0.39, 0.29) is 24.0 Å². The van der Waals surface area contributed by atoms with Gasteiger partial charge < -0.3 is 14.5 Å². The molecule has 0 spiro atoms. The van der Waals surface area contributed by atoms with Crippen molar-refractivity contribution in [2.24, 2.45) is 5.92 Å². The van der Waals surface area contributed by atoms with Gasteiger partial charge in [-0.15, -0.1) is 0 Å². The molecule has 2 atom stereocenters. The van der Waals surface area contributed by atoms with Crippen LogP contribution in [-0.4, -0.2) is 53.4 Å². The lowest BCUT2D eigenvalue weighted by Gasteiger charge is -2.43. The Balaban J connectivity index is 1.63. The Morgan fingerprint density at radius 3 is 2.44 bits per heavy atom. The summed E-state index contributed by atoms with van der Waals surface area (Å²) in [4.78, 5) is 31.0. The minimum absolute atomic E-state index is 0.0377. The van der Waals surface area contributed by atoms with Crippen LogP contribution in [-0.2, 0) is 4.79 Å². The largest absolute Gasteiger partial charge is 0.487 e. The van der Waals surface area contributed by atoms with Crippen molar-refractivity contribution in [3.8, 4) is 5.75 Å². The third-order valence-electron chi connectivity index (χ3n) is 7.56. The molecule has 1 aliphatic heterocycles. The standard InChI is InChI=1S/C27H40N2O3/c1-2-18-28-19-9-3-4-10-20-29(26(30)21-12-11-13-21)23-15-6-8-17-25(23)32-24-16-7-5-14-22(24)27(28)31/h5,7,14,16,21,23,25H,2-4,6,8-13,15,17-20H2,1H3/t23-,25+/m1/s1. The smallest absolute Gasteiger partial charge is 0.257 e. The highest BCUT2D eigenvalue weighted by Gasteiger charge is 2.38. The van der Waals surface area contributed by atoms with Gasteiger partial charge in [0.25, 0.3) is 5.91 Å². The molecule has 2 amide bonds. The molecular weight excluding hydrogens is 400 g/mol. The number of hydrogen-bond acceptors (Lipinski definition) is 3. The van der Waals surface area contributed by atoms with E-state index >= 15 is 0 Å². The van der Waals surface area contributed by atoms with Gasteiger partial charge in [-0.2, -0.15) is 0 Å². The lowest BCUT2D eigenvalue weighted by molar-refractivity contribution is -0.144. The van der Waals surface area contributed by atoms with Crippen molar-refractivity contribution in [2.45, 2.75) is 96.1 Å². The Hall–Kier alpha value is -2.04. The van der Waals surface area contributed by atoms with E-state index in [9.17, 15) is 9.59 Å². The van der Waals surface area contributed by atoms with Gasteiger partial charge in [0.15, 0.2) is 0 Å². The predicted octanol–water partition coefficient (Wildman–Crippen LogP) is 5.43. The molecular formula is C27H40N2O3. The Bertz CT molecular complexity index is 776. The molecule has 5 nitrogen and oxygen atoms in total. The van der Waals surface area contributed by atoms with Gasteiger partial charge in [-0.05, 0) is 63.5 Å². The zero-order valence-electron chi connectivity index (χ0n) is 19.8. The van der Waals surface area contributed by atoms with Crippen molar-refractivity contribution in [1.29, 1.82) is 0 Å². The fraction of sp³-hybridized carbons (Fsp3) is 0.704. The monoisotopic (exact) mass is 440 g/mol. The molecule has 1 aromatic rings. The van der Waals surface area contributed by atoms with E-state index in [4.69, 9.17) is 4.74 Å². The summed E-state index contributed by atoms with van der Waals surface area (Å²) in [5.41, 5.74) is 0.666. The van der Waals surface area contributed by atoms with Crippen LogP contribution < -0.4 is 4.74 Å². The Morgan fingerprint density at radius 2 is 1.69 bits per heavy atom. The van der Waals surface area contributed by atoms with Crippen molar-refractivity contribution in [2.75, 3.05) is 19.6 Å². The third-order valence-corrected chi connectivity index (χ3v) is 7.56. The van der Waals surface area contributed by atoms with E-state index in [0.29, 0.717) is 17.2 Å². The SMILES string of the molecule is CCCN1CCCCCCN(C(=O)C2CCC2)[C@@H]2CCCC[C@@H]2Oc2ccccc2C1=O. The summed E-state index contributed by atoms with van der Waals surface area (Å²) in [5.74, 6) is 1.33. The average molecular weight is 441 g/mol. The summed E-state index contributed by atoms with van der Waals surface area (Å²) in [5, 5.41) is 0. The van der Waals surface area contributed by atoms with Gasteiger partial charge in [0.1, 0.15) is 11.9 Å². The number of fused-ring (bicyclic) bond motifs is 2. The molecule has 0 bridgehead atoms. The first kappa shape index (κ1) is 23.1. The second kappa shape index (κ2) is 11.2. The number of nitrogens with zero attached hydrogens (tertiary/aromatic N) is 2. The molecule has 2 aliphatic carbocycles. The van der Waals surface area contributed by atoms with E-state index in [1.54, 1.807) is 0 Å². The van der Waals surface area contributed by atoms with E-state index in [0.717, 1.165) is 90.3 Å². The maximum absolute atomic E-state index is 13.4. The quantitative estimate of drug-likeness (QED) is 0.630. The van der Waals surface area contributed by atoms with E-state index < -0.39 is 0 Å². The molecule has 1 heterocycles. The number of amides is 2. The summed E-state index contributed by atoms with van der Waals surface area (Å²) >= 11 is 0. The van der Waals surface area contributed by atoms with Gasteiger partial charge in [-0.3, -0.25) is 9.59 Å². The Morgan fingerprint density at radius 1 is 0.938 bits per heavy atom. The molecule has 1 aromatic carbocycles. The maximum atomic E-state index is 13.4. The number of carbonyl (C=O) groups is 2. The van der Waals surface area contributed by atoms with Crippen LogP contribution >= 0.6 is 0 Å². The van der Waals surface area contributed by atoms with Gasteiger partial charge in [-0.25, -0.2) is 0 Å². The molecule has 4 rings (SSSR count). The molecule has 5 heteroatoms. The van der Waals surface area contributed by atoms with E-state index in [1.165, 1.54) is 6.42 Å². The van der Waals surface area contributed by atoms with E-state index in [1.807, 2.05) is 29.2 Å². The molecule has 2 saturated carbocycles. The summed E-state index contributed by atoms with van der Waals surface area (Å²) in [6, 6.07) is 7.84. The first-order chi connectivity index (χ1) is 15.7. The second-order valence-corrected chi connectivity index (χ2v) is 9.87. The van der Waals surface area contributed by atoms with Gasteiger partial charge in [-0.1, -0.05) is 44.7 Å². The van der Waals surface area contributed by atoms with Crippen LogP contribution in [0.25, 0.3) is 0 Å². The summed E-state index contributed by atoms with van der Waals surface area (Å²) in [6.07, 6.45) is 12.6. The van der Waals surface area contributed by atoms with Crippen molar-refractivity contribution in [3.05, 3.63) is 29.8 Å². The fourth-order valence-corrected chi connectivity index (χ4v) is 5.50. The third kappa shape index (κ3) is 5.29. The van der Waals surface area contributed by atoms with Crippen molar-refractivity contribution >= 4 is 11.8 Å². The number of benzene rings is 1. The van der Waals surface area contributed by atoms with Gasteiger partial charge in [0.2, 0.25) is 5.91 Å². The summed E-state index contributed by atoms with van der Waals surface area (Å²) in [7, 11) is 0. The highest BCUT2D eigenvalue weighted by atomic mass is 16.5. The molecule has 0 radical (unpaired) electrons. The highest BCUT2D eigenvalue weighted by Crippen LogP contribution is 2.34. The zero-order chi connectivity index (χ0) is 22.3. The first-order valence-electron chi connectivity index (χ1n) is 13.0. The number of hydrogen-bond donors (Lipinski definition) is 0. The average Bonchev–Trinajstić information content (AvgIpc) is 2.77. The minimum Gasteiger partial charge on any atom is -0.487 e. The van der Waals surface area contributed by atoms with Crippen molar-refractivity contribution in [1.82, 2.24) is 9.80 Å². The Kier molecular flexibility index (Phi) is 8.10.